The molecule has 0 bridgehead atoms. The molecular weight excluding hydrogens is 236 g/mol. The van der Waals surface area contributed by atoms with Crippen LogP contribution in [0.5, 0.6) is 5.75 Å². The molecule has 1 aliphatic rings. The van der Waals surface area contributed by atoms with E-state index in [0.29, 0.717) is 5.92 Å². The van der Waals surface area contributed by atoms with Crippen LogP contribution >= 0.6 is 0 Å². The molecule has 106 valence electrons. The molecule has 3 atom stereocenters. The minimum Gasteiger partial charge on any atom is -0.488 e. The molecule has 0 aromatic heterocycles. The Morgan fingerprint density at radius 2 is 1.74 bits per heavy atom. The van der Waals surface area contributed by atoms with Crippen molar-refractivity contribution in [3.8, 4) is 5.75 Å². The van der Waals surface area contributed by atoms with E-state index in [4.69, 9.17) is 4.74 Å². The maximum Gasteiger partial charge on any atom is 0.125 e. The van der Waals surface area contributed by atoms with Crippen molar-refractivity contribution in [2.45, 2.75) is 64.6 Å². The molecule has 0 aliphatic heterocycles. The van der Waals surface area contributed by atoms with Crippen molar-refractivity contribution in [1.29, 1.82) is 0 Å². The van der Waals surface area contributed by atoms with Crippen molar-refractivity contribution in [2.24, 2.45) is 5.92 Å². The van der Waals surface area contributed by atoms with Crippen molar-refractivity contribution in [3.63, 3.8) is 0 Å². The van der Waals surface area contributed by atoms with Crippen LogP contribution in [0.3, 0.4) is 0 Å². The standard InChI is InChI=1S/C17H26O2/c1-12-5-10-15(18)16(11-12)19-14-8-6-13(7-9-14)17(2,3)4/h6-9,12,15-16,18H,5,10-11H2,1-4H3. The van der Waals surface area contributed by atoms with Gasteiger partial charge in [0.2, 0.25) is 0 Å². The normalized spacial score (nSPS) is 28.2. The fourth-order valence-electron chi connectivity index (χ4n) is 2.65. The van der Waals surface area contributed by atoms with Crippen molar-refractivity contribution < 1.29 is 9.84 Å². The number of benzene rings is 1. The van der Waals surface area contributed by atoms with E-state index in [2.05, 4.69) is 39.8 Å². The van der Waals surface area contributed by atoms with Gasteiger partial charge in [0.05, 0.1) is 6.10 Å². The number of aliphatic hydroxyl groups excluding tert-OH is 1. The lowest BCUT2D eigenvalue weighted by molar-refractivity contribution is -0.00759. The summed E-state index contributed by atoms with van der Waals surface area (Å²) in [5.74, 6) is 1.51. The molecular formula is C17H26O2. The van der Waals surface area contributed by atoms with Gasteiger partial charge in [-0.3, -0.25) is 0 Å². The Balaban J connectivity index is 2.03. The van der Waals surface area contributed by atoms with E-state index in [-0.39, 0.29) is 17.6 Å². The molecule has 1 saturated carbocycles. The first-order valence-corrected chi connectivity index (χ1v) is 7.31. The molecule has 0 radical (unpaired) electrons. The highest BCUT2D eigenvalue weighted by Gasteiger charge is 2.28. The SMILES string of the molecule is CC1CCC(O)C(Oc2ccc(C(C)(C)C)cc2)C1. The first-order chi connectivity index (χ1) is 8.86. The maximum atomic E-state index is 10.0. The minimum absolute atomic E-state index is 0.0516. The zero-order valence-electron chi connectivity index (χ0n) is 12.5. The van der Waals surface area contributed by atoms with Crippen LogP contribution in [0.2, 0.25) is 0 Å². The molecule has 2 nitrogen and oxygen atoms in total. The summed E-state index contributed by atoms with van der Waals surface area (Å²) >= 11 is 0. The van der Waals surface area contributed by atoms with E-state index >= 15 is 0 Å². The van der Waals surface area contributed by atoms with Crippen LogP contribution in [-0.4, -0.2) is 17.3 Å². The molecule has 1 N–H and O–H groups in total. The second kappa shape index (κ2) is 5.54. The molecule has 3 unspecified atom stereocenters. The number of hydrogen-bond acceptors (Lipinski definition) is 2. The second-order valence-electron chi connectivity index (χ2n) is 6.92. The van der Waals surface area contributed by atoms with E-state index in [9.17, 15) is 5.11 Å². The van der Waals surface area contributed by atoms with Gasteiger partial charge in [-0.25, -0.2) is 0 Å². The fraction of sp³-hybridized carbons (Fsp3) is 0.647. The highest BCUT2D eigenvalue weighted by molar-refractivity contribution is 5.31. The predicted molar refractivity (Wildman–Crippen MR) is 78.6 cm³/mol. The van der Waals surface area contributed by atoms with Crippen molar-refractivity contribution in [1.82, 2.24) is 0 Å². The molecule has 0 heterocycles. The molecule has 2 rings (SSSR count). The summed E-state index contributed by atoms with van der Waals surface area (Å²) in [5.41, 5.74) is 1.47. The molecule has 19 heavy (non-hydrogen) atoms. The Morgan fingerprint density at radius 1 is 1.11 bits per heavy atom. The van der Waals surface area contributed by atoms with E-state index < -0.39 is 0 Å². The third kappa shape index (κ3) is 3.73. The highest BCUT2D eigenvalue weighted by atomic mass is 16.5. The van der Waals surface area contributed by atoms with Crippen molar-refractivity contribution >= 4 is 0 Å². The number of rotatable bonds is 2. The van der Waals surface area contributed by atoms with Gasteiger partial charge in [0.1, 0.15) is 11.9 Å². The largest absolute Gasteiger partial charge is 0.488 e. The molecule has 1 aliphatic carbocycles. The molecule has 0 saturated heterocycles. The van der Waals surface area contributed by atoms with E-state index in [1.807, 2.05) is 12.1 Å². The highest BCUT2D eigenvalue weighted by Crippen LogP contribution is 2.29. The Morgan fingerprint density at radius 3 is 2.32 bits per heavy atom. The predicted octanol–water partition coefficient (Wildman–Crippen LogP) is 3.91. The molecule has 2 heteroatoms. The lowest BCUT2D eigenvalue weighted by Crippen LogP contribution is -2.37. The summed E-state index contributed by atoms with van der Waals surface area (Å²) in [4.78, 5) is 0. The monoisotopic (exact) mass is 262 g/mol. The third-order valence-corrected chi connectivity index (χ3v) is 4.03. The van der Waals surface area contributed by atoms with Crippen LogP contribution < -0.4 is 4.74 Å². The summed E-state index contributed by atoms with van der Waals surface area (Å²) in [6.45, 7) is 8.84. The molecule has 1 aromatic carbocycles. The summed E-state index contributed by atoms with van der Waals surface area (Å²) in [7, 11) is 0. The average Bonchev–Trinajstić information content (AvgIpc) is 2.33. The van der Waals surface area contributed by atoms with Gasteiger partial charge >= 0.3 is 0 Å². The lowest BCUT2D eigenvalue weighted by atomic mass is 9.86. The number of hydrogen-bond donors (Lipinski definition) is 1. The lowest BCUT2D eigenvalue weighted by Gasteiger charge is -2.32. The Labute approximate surface area is 116 Å². The van der Waals surface area contributed by atoms with Gasteiger partial charge in [-0.15, -0.1) is 0 Å². The number of ether oxygens (including phenoxy) is 1. The van der Waals surface area contributed by atoms with Gasteiger partial charge in [-0.1, -0.05) is 39.8 Å². The summed E-state index contributed by atoms with van der Waals surface area (Å²) < 4.78 is 5.96. The zero-order valence-corrected chi connectivity index (χ0v) is 12.5. The Kier molecular flexibility index (Phi) is 4.19. The molecule has 1 fully saturated rings. The van der Waals surface area contributed by atoms with Crippen molar-refractivity contribution in [2.75, 3.05) is 0 Å². The van der Waals surface area contributed by atoms with Crippen molar-refractivity contribution in [3.05, 3.63) is 29.8 Å². The molecule has 0 spiro atoms. The van der Waals surface area contributed by atoms with E-state index in [0.717, 1.165) is 25.0 Å². The van der Waals surface area contributed by atoms with Crippen LogP contribution in [0.15, 0.2) is 24.3 Å². The van der Waals surface area contributed by atoms with Gasteiger partial charge in [0.25, 0.3) is 0 Å². The fourth-order valence-corrected chi connectivity index (χ4v) is 2.65. The van der Waals surface area contributed by atoms with Gasteiger partial charge in [-0.2, -0.15) is 0 Å². The Bertz CT molecular complexity index is 402. The Hall–Kier alpha value is -1.02. The van der Waals surface area contributed by atoms with Crippen LogP contribution in [0.1, 0.15) is 52.5 Å². The second-order valence-corrected chi connectivity index (χ2v) is 6.92. The number of aliphatic hydroxyl groups is 1. The first-order valence-electron chi connectivity index (χ1n) is 7.31. The maximum absolute atomic E-state index is 10.0. The van der Waals surface area contributed by atoms with E-state index in [1.165, 1.54) is 5.56 Å². The smallest absolute Gasteiger partial charge is 0.125 e. The van der Waals surface area contributed by atoms with Gasteiger partial charge in [0, 0.05) is 0 Å². The van der Waals surface area contributed by atoms with Crippen LogP contribution in [0.4, 0.5) is 0 Å². The van der Waals surface area contributed by atoms with E-state index in [1.54, 1.807) is 0 Å². The first kappa shape index (κ1) is 14.4. The van der Waals surface area contributed by atoms with Crippen LogP contribution in [-0.2, 0) is 5.41 Å². The summed E-state index contributed by atoms with van der Waals surface area (Å²) in [6.07, 6.45) is 2.53. The summed E-state index contributed by atoms with van der Waals surface area (Å²) in [6, 6.07) is 8.28. The minimum atomic E-state index is -0.321. The van der Waals surface area contributed by atoms with Crippen LogP contribution in [0.25, 0.3) is 0 Å². The van der Waals surface area contributed by atoms with Gasteiger partial charge < -0.3 is 9.84 Å². The molecule has 0 amide bonds. The molecule has 1 aromatic rings. The topological polar surface area (TPSA) is 29.5 Å². The summed E-state index contributed by atoms with van der Waals surface area (Å²) in [5, 5.41) is 10.0. The zero-order chi connectivity index (χ0) is 14.0. The van der Waals surface area contributed by atoms with Gasteiger partial charge in [-0.05, 0) is 48.3 Å². The van der Waals surface area contributed by atoms with Crippen LogP contribution in [0, 0.1) is 5.92 Å². The average molecular weight is 262 g/mol. The van der Waals surface area contributed by atoms with Gasteiger partial charge in [0.15, 0.2) is 0 Å². The quantitative estimate of drug-likeness (QED) is 0.875. The third-order valence-electron chi connectivity index (χ3n) is 4.03.